The van der Waals surface area contributed by atoms with Crippen LogP contribution in [0.1, 0.15) is 29.0 Å². The van der Waals surface area contributed by atoms with Gasteiger partial charge in [0.15, 0.2) is 0 Å². The number of nitrogens with zero attached hydrogens (tertiary/aromatic N) is 1. The summed E-state index contributed by atoms with van der Waals surface area (Å²) in [6.07, 6.45) is 6.17. The van der Waals surface area contributed by atoms with E-state index in [1.54, 1.807) is 12.4 Å². The van der Waals surface area contributed by atoms with Crippen LogP contribution in [0.4, 0.5) is 10.5 Å². The van der Waals surface area contributed by atoms with Gasteiger partial charge in [-0.1, -0.05) is 60.1 Å². The fourth-order valence-electron chi connectivity index (χ4n) is 4.73. The summed E-state index contributed by atoms with van der Waals surface area (Å²) >= 11 is 6.26. The Morgan fingerprint density at radius 2 is 1.91 bits per heavy atom. The maximum absolute atomic E-state index is 13.0. The van der Waals surface area contributed by atoms with Crippen molar-refractivity contribution in [2.24, 2.45) is 0 Å². The SMILES string of the molecule is O=C(Nc1cccc2cnccc12)NC1CCc2cc(Cl)ccc2C1Cc1ccccc1. The van der Waals surface area contributed by atoms with Crippen LogP contribution in [0.3, 0.4) is 0 Å². The first-order chi connectivity index (χ1) is 15.7. The standard InChI is InChI=1S/C27H24ClN3O/c28-21-10-11-22-19(16-21)9-12-26(24(22)15-18-5-2-1-3-6-18)31-27(32)30-25-8-4-7-20-17-29-14-13-23(20)25/h1-8,10-11,13-14,16-17,24,26H,9,12,15H2,(H2,30,31,32). The fraction of sp³-hybridized carbons (Fsp3) is 0.185. The summed E-state index contributed by atoms with van der Waals surface area (Å²) < 4.78 is 0. The van der Waals surface area contributed by atoms with Crippen LogP contribution >= 0.6 is 11.6 Å². The van der Waals surface area contributed by atoms with E-state index in [4.69, 9.17) is 11.6 Å². The molecular formula is C27H24ClN3O. The molecule has 0 radical (unpaired) electrons. The number of amides is 2. The number of fused-ring (bicyclic) bond motifs is 2. The molecule has 0 fully saturated rings. The van der Waals surface area contributed by atoms with Gasteiger partial charge in [-0.15, -0.1) is 0 Å². The highest BCUT2D eigenvalue weighted by atomic mass is 35.5. The molecule has 2 unspecified atom stereocenters. The zero-order valence-corrected chi connectivity index (χ0v) is 18.3. The second-order valence-corrected chi connectivity index (χ2v) is 8.72. The Kier molecular flexibility index (Phi) is 5.78. The highest BCUT2D eigenvalue weighted by Gasteiger charge is 2.31. The molecule has 2 atom stereocenters. The lowest BCUT2D eigenvalue weighted by Gasteiger charge is -2.34. The lowest BCUT2D eigenvalue weighted by molar-refractivity contribution is 0.244. The monoisotopic (exact) mass is 441 g/mol. The molecule has 1 aliphatic rings. The van der Waals surface area contributed by atoms with Crippen molar-refractivity contribution in [3.05, 3.63) is 107 Å². The number of benzene rings is 3. The Hall–Kier alpha value is -3.37. The van der Waals surface area contributed by atoms with Crippen LogP contribution in [0.25, 0.3) is 10.8 Å². The first-order valence-electron chi connectivity index (χ1n) is 10.9. The summed E-state index contributed by atoms with van der Waals surface area (Å²) in [6.45, 7) is 0. The van der Waals surface area contributed by atoms with Crippen LogP contribution in [-0.2, 0) is 12.8 Å². The first kappa shape index (κ1) is 20.5. The second kappa shape index (κ2) is 9.01. The Labute approximate surface area is 192 Å². The lowest BCUT2D eigenvalue weighted by atomic mass is 9.76. The molecule has 160 valence electrons. The molecule has 1 heterocycles. The predicted octanol–water partition coefficient (Wildman–Crippen LogP) is 6.35. The van der Waals surface area contributed by atoms with Gasteiger partial charge in [0.25, 0.3) is 0 Å². The molecule has 0 aliphatic heterocycles. The van der Waals surface area contributed by atoms with Gasteiger partial charge in [-0.05, 0) is 60.2 Å². The molecule has 3 aromatic carbocycles. The van der Waals surface area contributed by atoms with Crippen LogP contribution in [-0.4, -0.2) is 17.1 Å². The largest absolute Gasteiger partial charge is 0.334 e. The number of urea groups is 1. The first-order valence-corrected chi connectivity index (χ1v) is 11.3. The lowest BCUT2D eigenvalue weighted by Crippen LogP contribution is -2.44. The van der Waals surface area contributed by atoms with Gasteiger partial charge in [-0.3, -0.25) is 4.98 Å². The number of carbonyl (C=O) groups is 1. The van der Waals surface area contributed by atoms with Crippen LogP contribution in [0.15, 0.2) is 85.2 Å². The Bertz CT molecular complexity index is 1250. The van der Waals surface area contributed by atoms with Crippen molar-refractivity contribution >= 4 is 34.1 Å². The van der Waals surface area contributed by atoms with Crippen molar-refractivity contribution in [3.63, 3.8) is 0 Å². The van der Waals surface area contributed by atoms with Crippen molar-refractivity contribution in [1.29, 1.82) is 0 Å². The molecule has 1 aliphatic carbocycles. The number of halogens is 1. The number of nitrogens with one attached hydrogen (secondary N) is 2. The number of anilines is 1. The van der Waals surface area contributed by atoms with E-state index in [0.29, 0.717) is 0 Å². The summed E-state index contributed by atoms with van der Waals surface area (Å²) in [5.74, 6) is 0.181. The van der Waals surface area contributed by atoms with Crippen molar-refractivity contribution in [3.8, 4) is 0 Å². The molecule has 0 saturated heterocycles. The normalized spacial score (nSPS) is 17.5. The minimum absolute atomic E-state index is 0.0283. The average Bonchev–Trinajstić information content (AvgIpc) is 2.81. The van der Waals surface area contributed by atoms with Crippen LogP contribution in [0.5, 0.6) is 0 Å². The van der Waals surface area contributed by atoms with Gasteiger partial charge in [-0.2, -0.15) is 0 Å². The Balaban J connectivity index is 1.39. The fourth-order valence-corrected chi connectivity index (χ4v) is 4.93. The molecule has 5 heteroatoms. The number of aromatic nitrogens is 1. The predicted molar refractivity (Wildman–Crippen MR) is 130 cm³/mol. The maximum Gasteiger partial charge on any atom is 0.319 e. The molecule has 0 spiro atoms. The van der Waals surface area contributed by atoms with Crippen molar-refractivity contribution < 1.29 is 4.79 Å². The quantitative estimate of drug-likeness (QED) is 0.387. The van der Waals surface area contributed by atoms with Crippen molar-refractivity contribution in [2.75, 3.05) is 5.32 Å². The summed E-state index contributed by atoms with van der Waals surface area (Å²) in [5, 5.41) is 9.04. The van der Waals surface area contributed by atoms with E-state index in [1.165, 1.54) is 16.7 Å². The number of carbonyl (C=O) groups excluding carboxylic acids is 1. The van der Waals surface area contributed by atoms with E-state index in [9.17, 15) is 4.79 Å². The summed E-state index contributed by atoms with van der Waals surface area (Å²) in [6, 6.07) is 24.2. The van der Waals surface area contributed by atoms with E-state index >= 15 is 0 Å². The third-order valence-corrected chi connectivity index (χ3v) is 6.49. The van der Waals surface area contributed by atoms with Gasteiger partial charge < -0.3 is 10.6 Å². The molecule has 0 saturated carbocycles. The molecule has 5 rings (SSSR count). The van der Waals surface area contributed by atoms with E-state index in [2.05, 4.69) is 52.0 Å². The van der Waals surface area contributed by atoms with Gasteiger partial charge >= 0.3 is 6.03 Å². The van der Waals surface area contributed by atoms with Gasteiger partial charge in [-0.25, -0.2) is 4.79 Å². The number of hydrogen-bond donors (Lipinski definition) is 2. The van der Waals surface area contributed by atoms with E-state index in [-0.39, 0.29) is 18.0 Å². The molecule has 0 bridgehead atoms. The van der Waals surface area contributed by atoms with E-state index < -0.39 is 0 Å². The van der Waals surface area contributed by atoms with Gasteiger partial charge in [0.05, 0.1) is 5.69 Å². The minimum Gasteiger partial charge on any atom is -0.334 e. The van der Waals surface area contributed by atoms with Gasteiger partial charge in [0.2, 0.25) is 0 Å². The maximum atomic E-state index is 13.0. The highest BCUT2D eigenvalue weighted by Crippen LogP contribution is 2.36. The number of hydrogen-bond acceptors (Lipinski definition) is 2. The molecule has 2 N–H and O–H groups in total. The minimum atomic E-state index is -0.185. The Morgan fingerprint density at radius 1 is 1.03 bits per heavy atom. The second-order valence-electron chi connectivity index (χ2n) is 8.29. The molecule has 2 amide bonds. The molecule has 1 aromatic heterocycles. The number of pyridine rings is 1. The van der Waals surface area contributed by atoms with Crippen LogP contribution < -0.4 is 10.6 Å². The molecule has 32 heavy (non-hydrogen) atoms. The smallest absolute Gasteiger partial charge is 0.319 e. The van der Waals surface area contributed by atoms with Crippen molar-refractivity contribution in [1.82, 2.24) is 10.3 Å². The van der Waals surface area contributed by atoms with E-state index in [1.807, 2.05) is 36.4 Å². The van der Waals surface area contributed by atoms with Gasteiger partial charge in [0, 0.05) is 40.1 Å². The third kappa shape index (κ3) is 4.32. The Morgan fingerprint density at radius 3 is 2.78 bits per heavy atom. The third-order valence-electron chi connectivity index (χ3n) is 6.26. The zero-order chi connectivity index (χ0) is 21.9. The van der Waals surface area contributed by atoms with E-state index in [0.717, 1.165) is 40.7 Å². The number of aryl methyl sites for hydroxylation is 1. The summed E-state index contributed by atoms with van der Waals surface area (Å²) in [7, 11) is 0. The highest BCUT2D eigenvalue weighted by molar-refractivity contribution is 6.30. The van der Waals surface area contributed by atoms with Crippen LogP contribution in [0.2, 0.25) is 5.02 Å². The molecular weight excluding hydrogens is 418 g/mol. The molecule has 4 aromatic rings. The summed E-state index contributed by atoms with van der Waals surface area (Å²) in [4.78, 5) is 17.2. The topological polar surface area (TPSA) is 54.0 Å². The van der Waals surface area contributed by atoms with Gasteiger partial charge in [0.1, 0.15) is 0 Å². The molecule has 4 nitrogen and oxygen atoms in total. The number of rotatable bonds is 4. The average molecular weight is 442 g/mol. The zero-order valence-electron chi connectivity index (χ0n) is 17.6. The summed E-state index contributed by atoms with van der Waals surface area (Å²) in [5.41, 5.74) is 4.59. The van der Waals surface area contributed by atoms with Crippen molar-refractivity contribution in [2.45, 2.75) is 31.2 Å². The van der Waals surface area contributed by atoms with Crippen LogP contribution in [0, 0.1) is 0 Å².